The Balaban J connectivity index is 1.67. The van der Waals surface area contributed by atoms with Crippen molar-refractivity contribution < 1.29 is 19.5 Å². The predicted molar refractivity (Wildman–Crippen MR) is 65.3 cm³/mol. The maximum atomic E-state index is 12.1. The highest BCUT2D eigenvalue weighted by atomic mass is 16.7. The average Bonchev–Trinajstić information content (AvgIpc) is 2.93. The topological polar surface area (TPSA) is 70.1 Å². The molecule has 2 heterocycles. The van der Waals surface area contributed by atoms with Crippen LogP contribution < -0.4 is 0 Å². The van der Waals surface area contributed by atoms with Crippen LogP contribution in [0.3, 0.4) is 0 Å². The summed E-state index contributed by atoms with van der Waals surface area (Å²) in [5.41, 5.74) is 0.907. The second-order valence-electron chi connectivity index (χ2n) is 4.65. The van der Waals surface area contributed by atoms with Gasteiger partial charge in [-0.2, -0.15) is 5.06 Å². The maximum absolute atomic E-state index is 12.1. The minimum absolute atomic E-state index is 0.263. The fourth-order valence-corrected chi connectivity index (χ4v) is 2.34. The largest absolute Gasteiger partial charge is 0.389 e. The lowest BCUT2D eigenvalue weighted by molar-refractivity contribution is -0.111. The Kier molecular flexibility index (Phi) is 3.06. The number of carbonyl (C=O) groups excluding carboxylic acids is 2. The van der Waals surface area contributed by atoms with E-state index in [0.29, 0.717) is 24.2 Å². The molecule has 1 aromatic rings. The summed E-state index contributed by atoms with van der Waals surface area (Å²) in [6.07, 6.45) is -0.498. The van der Waals surface area contributed by atoms with Crippen LogP contribution in [0.25, 0.3) is 0 Å². The zero-order chi connectivity index (χ0) is 13.4. The van der Waals surface area contributed by atoms with Crippen molar-refractivity contribution in [2.45, 2.75) is 6.10 Å². The molecule has 0 spiro atoms. The number of hydroxylamine groups is 2. The van der Waals surface area contributed by atoms with Gasteiger partial charge in [0, 0.05) is 13.1 Å². The van der Waals surface area contributed by atoms with Gasteiger partial charge in [-0.15, -0.1) is 0 Å². The van der Waals surface area contributed by atoms with Crippen LogP contribution in [-0.4, -0.2) is 59.2 Å². The number of nitrogens with zero attached hydrogens (tertiary/aromatic N) is 2. The number of imide groups is 1. The first-order chi connectivity index (χ1) is 9.16. The lowest BCUT2D eigenvalue weighted by Crippen LogP contribution is -2.37. The van der Waals surface area contributed by atoms with Gasteiger partial charge in [-0.25, -0.2) is 0 Å². The molecular formula is C13H14N2O4. The molecule has 1 saturated heterocycles. The van der Waals surface area contributed by atoms with Crippen LogP contribution in [0, 0.1) is 0 Å². The number of β-amino-alcohol motifs (C(OH)–C–C–N with tert-alkyl or cyclic N) is 1. The van der Waals surface area contributed by atoms with Gasteiger partial charge in [0.25, 0.3) is 11.8 Å². The number of fused-ring (bicyclic) bond motifs is 1. The van der Waals surface area contributed by atoms with Crippen LogP contribution in [0.2, 0.25) is 0 Å². The van der Waals surface area contributed by atoms with Crippen LogP contribution in [0.4, 0.5) is 0 Å². The van der Waals surface area contributed by atoms with Crippen LogP contribution in [-0.2, 0) is 4.84 Å². The highest BCUT2D eigenvalue weighted by Gasteiger charge is 2.35. The van der Waals surface area contributed by atoms with E-state index in [2.05, 4.69) is 0 Å². The maximum Gasteiger partial charge on any atom is 0.261 e. The summed E-state index contributed by atoms with van der Waals surface area (Å²) in [6.45, 7) is 1.34. The molecule has 6 nitrogen and oxygen atoms in total. The summed E-state index contributed by atoms with van der Waals surface area (Å²) in [6, 6.07) is 6.80. The van der Waals surface area contributed by atoms with E-state index in [1.165, 1.54) is 4.90 Å². The van der Waals surface area contributed by atoms with Gasteiger partial charge in [0.05, 0.1) is 30.4 Å². The highest BCUT2D eigenvalue weighted by Crippen LogP contribution is 2.22. The molecule has 0 radical (unpaired) electrons. The first kappa shape index (κ1) is 12.3. The summed E-state index contributed by atoms with van der Waals surface area (Å²) in [7, 11) is 0. The van der Waals surface area contributed by atoms with E-state index in [9.17, 15) is 14.7 Å². The molecule has 6 heteroatoms. The van der Waals surface area contributed by atoms with Crippen molar-refractivity contribution in [3.05, 3.63) is 35.4 Å². The third-order valence-corrected chi connectivity index (χ3v) is 3.32. The molecule has 2 aliphatic rings. The molecule has 100 valence electrons. The Morgan fingerprint density at radius 2 is 1.79 bits per heavy atom. The number of rotatable bonds is 3. The number of aliphatic hydroxyl groups is 1. The lowest BCUT2D eigenvalue weighted by atomic mass is 10.1. The Hall–Kier alpha value is -1.76. The van der Waals surface area contributed by atoms with Gasteiger partial charge in [-0.1, -0.05) is 12.1 Å². The van der Waals surface area contributed by atoms with E-state index >= 15 is 0 Å². The lowest BCUT2D eigenvalue weighted by Gasteiger charge is -2.18. The fraction of sp³-hybridized carbons (Fsp3) is 0.385. The molecule has 0 aromatic heterocycles. The molecule has 1 atom stereocenters. The van der Waals surface area contributed by atoms with E-state index in [0.717, 1.165) is 0 Å². The van der Waals surface area contributed by atoms with Gasteiger partial charge in [0.1, 0.15) is 0 Å². The van der Waals surface area contributed by atoms with Crippen molar-refractivity contribution in [1.29, 1.82) is 0 Å². The van der Waals surface area contributed by atoms with Crippen molar-refractivity contribution >= 4 is 11.8 Å². The minimum atomic E-state index is -0.498. The molecule has 2 aliphatic heterocycles. The summed E-state index contributed by atoms with van der Waals surface area (Å²) < 4.78 is 0. The summed E-state index contributed by atoms with van der Waals surface area (Å²) in [5, 5.41) is 10.9. The quantitative estimate of drug-likeness (QED) is 0.770. The number of hydrogen-bond acceptors (Lipinski definition) is 5. The van der Waals surface area contributed by atoms with Crippen molar-refractivity contribution in [3.8, 4) is 0 Å². The second-order valence-corrected chi connectivity index (χ2v) is 4.65. The minimum Gasteiger partial charge on any atom is -0.389 e. The van der Waals surface area contributed by atoms with Crippen LogP contribution >= 0.6 is 0 Å². The first-order valence-electron chi connectivity index (χ1n) is 6.18. The van der Waals surface area contributed by atoms with Gasteiger partial charge in [-0.3, -0.25) is 19.3 Å². The molecule has 3 rings (SSSR count). The van der Waals surface area contributed by atoms with Gasteiger partial charge >= 0.3 is 0 Å². The van der Waals surface area contributed by atoms with Crippen LogP contribution in [0.15, 0.2) is 24.3 Å². The second kappa shape index (κ2) is 4.73. The molecule has 0 unspecified atom stereocenters. The molecule has 19 heavy (non-hydrogen) atoms. The highest BCUT2D eigenvalue weighted by molar-refractivity contribution is 6.21. The zero-order valence-electron chi connectivity index (χ0n) is 10.3. The predicted octanol–water partition coefficient (Wildman–Crippen LogP) is -0.109. The molecule has 2 amide bonds. The third-order valence-electron chi connectivity index (χ3n) is 3.32. The van der Waals surface area contributed by atoms with Gasteiger partial charge < -0.3 is 5.11 Å². The molecular weight excluding hydrogens is 248 g/mol. The normalized spacial score (nSPS) is 23.2. The Morgan fingerprint density at radius 3 is 2.32 bits per heavy atom. The molecule has 0 bridgehead atoms. The van der Waals surface area contributed by atoms with Crippen molar-refractivity contribution in [1.82, 2.24) is 9.96 Å². The number of benzene rings is 1. The van der Waals surface area contributed by atoms with Crippen molar-refractivity contribution in [3.63, 3.8) is 0 Å². The Morgan fingerprint density at radius 1 is 1.16 bits per heavy atom. The zero-order valence-corrected chi connectivity index (χ0v) is 10.3. The standard InChI is InChI=1S/C13H14N2O4/c16-9-7-14(19-8-9)5-6-15-12(17)10-3-1-2-4-11(10)13(15)18/h1-4,9,16H,5-8H2/t9-/m1/s1. The molecule has 1 N–H and O–H groups in total. The summed E-state index contributed by atoms with van der Waals surface area (Å²) in [4.78, 5) is 30.6. The van der Waals surface area contributed by atoms with E-state index in [1.54, 1.807) is 29.3 Å². The van der Waals surface area contributed by atoms with Crippen molar-refractivity contribution in [2.24, 2.45) is 0 Å². The SMILES string of the molecule is O=C1c2ccccc2C(=O)N1CCN1C[C@@H](O)CO1. The number of hydrogen-bond donors (Lipinski definition) is 1. The van der Waals surface area contributed by atoms with Crippen molar-refractivity contribution in [2.75, 3.05) is 26.2 Å². The van der Waals surface area contributed by atoms with Gasteiger partial charge in [0.2, 0.25) is 0 Å². The average molecular weight is 262 g/mol. The Bertz CT molecular complexity index is 496. The summed E-state index contributed by atoms with van der Waals surface area (Å²) in [5.74, 6) is -0.527. The molecule has 1 fully saturated rings. The number of carbonyl (C=O) groups is 2. The molecule has 0 aliphatic carbocycles. The fourth-order valence-electron chi connectivity index (χ4n) is 2.34. The monoisotopic (exact) mass is 262 g/mol. The summed E-state index contributed by atoms with van der Waals surface area (Å²) >= 11 is 0. The van der Waals surface area contributed by atoms with E-state index in [4.69, 9.17) is 4.84 Å². The third kappa shape index (κ3) is 2.14. The number of aliphatic hydroxyl groups excluding tert-OH is 1. The van der Waals surface area contributed by atoms with Crippen LogP contribution in [0.1, 0.15) is 20.7 Å². The number of amides is 2. The smallest absolute Gasteiger partial charge is 0.261 e. The van der Waals surface area contributed by atoms with Gasteiger partial charge in [-0.05, 0) is 12.1 Å². The Labute approximate surface area is 110 Å². The molecule has 1 aromatic carbocycles. The van der Waals surface area contributed by atoms with Crippen LogP contribution in [0.5, 0.6) is 0 Å². The van der Waals surface area contributed by atoms with E-state index in [-0.39, 0.29) is 25.0 Å². The van der Waals surface area contributed by atoms with Gasteiger partial charge in [0.15, 0.2) is 0 Å². The van der Waals surface area contributed by atoms with E-state index < -0.39 is 6.10 Å². The first-order valence-corrected chi connectivity index (χ1v) is 6.18. The molecule has 0 saturated carbocycles. The van der Waals surface area contributed by atoms with E-state index in [1.807, 2.05) is 0 Å².